The highest BCUT2D eigenvalue weighted by molar-refractivity contribution is 9.10. The standard InChI is InChI=1S/C18H13BrF2O4/c19-14-3-1-2-13(10-14)16(22)11-24-17(23)9-6-12-4-7-15(8-5-12)25-18(20)21/h1-10,18H,11H2/b9-6+. The van der Waals surface area contributed by atoms with Gasteiger partial charge < -0.3 is 9.47 Å². The summed E-state index contributed by atoms with van der Waals surface area (Å²) in [5, 5.41) is 0. The molecule has 0 N–H and O–H groups in total. The number of hydrogen-bond donors (Lipinski definition) is 0. The third kappa shape index (κ3) is 6.46. The molecule has 7 heteroatoms. The second kappa shape index (κ2) is 9.08. The Morgan fingerprint density at radius 1 is 1.12 bits per heavy atom. The summed E-state index contributed by atoms with van der Waals surface area (Å²) in [6, 6.07) is 12.5. The van der Waals surface area contributed by atoms with Gasteiger partial charge in [-0.1, -0.05) is 40.2 Å². The number of carbonyl (C=O) groups is 2. The Bertz CT molecular complexity index is 773. The molecule has 0 saturated carbocycles. The summed E-state index contributed by atoms with van der Waals surface area (Å²) in [4.78, 5) is 23.5. The van der Waals surface area contributed by atoms with Crippen molar-refractivity contribution in [3.05, 3.63) is 70.2 Å². The normalized spacial score (nSPS) is 10.9. The Morgan fingerprint density at radius 3 is 2.48 bits per heavy atom. The van der Waals surface area contributed by atoms with E-state index in [-0.39, 0.29) is 18.1 Å². The topological polar surface area (TPSA) is 52.6 Å². The molecule has 25 heavy (non-hydrogen) atoms. The second-order valence-corrected chi connectivity index (χ2v) is 5.74. The highest BCUT2D eigenvalue weighted by atomic mass is 79.9. The minimum Gasteiger partial charge on any atom is -0.454 e. The van der Waals surface area contributed by atoms with Gasteiger partial charge in [-0.3, -0.25) is 4.79 Å². The monoisotopic (exact) mass is 410 g/mol. The molecule has 4 nitrogen and oxygen atoms in total. The van der Waals surface area contributed by atoms with Crippen LogP contribution in [0.5, 0.6) is 5.75 Å². The van der Waals surface area contributed by atoms with Gasteiger partial charge >= 0.3 is 12.6 Å². The van der Waals surface area contributed by atoms with E-state index in [1.54, 1.807) is 24.3 Å². The molecule has 0 radical (unpaired) electrons. The van der Waals surface area contributed by atoms with E-state index in [4.69, 9.17) is 4.74 Å². The number of halogens is 3. The van der Waals surface area contributed by atoms with Gasteiger partial charge in [0.05, 0.1) is 0 Å². The van der Waals surface area contributed by atoms with Crippen molar-refractivity contribution in [2.24, 2.45) is 0 Å². The molecule has 0 aromatic heterocycles. The van der Waals surface area contributed by atoms with Crippen LogP contribution >= 0.6 is 15.9 Å². The SMILES string of the molecule is O=C(/C=C/c1ccc(OC(F)F)cc1)OCC(=O)c1cccc(Br)c1. The fourth-order valence-electron chi connectivity index (χ4n) is 1.85. The molecule has 0 saturated heterocycles. The summed E-state index contributed by atoms with van der Waals surface area (Å²) in [7, 11) is 0. The summed E-state index contributed by atoms with van der Waals surface area (Å²) in [5.74, 6) is -0.984. The van der Waals surface area contributed by atoms with Gasteiger partial charge in [-0.05, 0) is 35.9 Å². The van der Waals surface area contributed by atoms with Crippen LogP contribution in [0.1, 0.15) is 15.9 Å². The average molecular weight is 411 g/mol. The number of alkyl halides is 2. The van der Waals surface area contributed by atoms with Crippen molar-refractivity contribution in [2.45, 2.75) is 6.61 Å². The number of hydrogen-bond acceptors (Lipinski definition) is 4. The van der Waals surface area contributed by atoms with Crippen LogP contribution in [0.3, 0.4) is 0 Å². The molecule has 0 fully saturated rings. The van der Waals surface area contributed by atoms with Crippen LogP contribution in [0.4, 0.5) is 8.78 Å². The number of esters is 1. The third-order valence-electron chi connectivity index (χ3n) is 3.01. The Balaban J connectivity index is 1.85. The molecular weight excluding hydrogens is 398 g/mol. The van der Waals surface area contributed by atoms with Crippen LogP contribution in [0.2, 0.25) is 0 Å². The number of benzene rings is 2. The lowest BCUT2D eigenvalue weighted by Crippen LogP contribution is -2.12. The predicted molar refractivity (Wildman–Crippen MR) is 91.5 cm³/mol. The van der Waals surface area contributed by atoms with Crippen LogP contribution in [0.25, 0.3) is 6.08 Å². The second-order valence-electron chi connectivity index (χ2n) is 4.82. The van der Waals surface area contributed by atoms with E-state index in [1.165, 1.54) is 30.3 Å². The zero-order chi connectivity index (χ0) is 18.2. The number of ketones is 1. The molecule has 0 aliphatic heterocycles. The lowest BCUT2D eigenvalue weighted by Gasteiger charge is -2.04. The van der Waals surface area contributed by atoms with Gasteiger partial charge in [0.2, 0.25) is 0 Å². The van der Waals surface area contributed by atoms with E-state index < -0.39 is 12.6 Å². The van der Waals surface area contributed by atoms with Gasteiger partial charge in [-0.2, -0.15) is 8.78 Å². The van der Waals surface area contributed by atoms with Crippen LogP contribution in [-0.4, -0.2) is 25.0 Å². The van der Waals surface area contributed by atoms with Gasteiger partial charge in [-0.25, -0.2) is 4.79 Å². The highest BCUT2D eigenvalue weighted by Gasteiger charge is 2.08. The summed E-state index contributed by atoms with van der Waals surface area (Å²) in [6.07, 6.45) is 2.59. The van der Waals surface area contributed by atoms with E-state index >= 15 is 0 Å². The van der Waals surface area contributed by atoms with Gasteiger partial charge in [0.25, 0.3) is 0 Å². The van der Waals surface area contributed by atoms with E-state index in [1.807, 2.05) is 0 Å². The molecular formula is C18H13BrF2O4. The first-order chi connectivity index (χ1) is 11.9. The van der Waals surface area contributed by atoms with Crippen molar-refractivity contribution in [1.82, 2.24) is 0 Å². The fourth-order valence-corrected chi connectivity index (χ4v) is 2.25. The summed E-state index contributed by atoms with van der Waals surface area (Å²) in [6.45, 7) is -3.26. The van der Waals surface area contributed by atoms with Crippen molar-refractivity contribution >= 4 is 33.8 Å². The number of Topliss-reactive ketones (excluding diaryl/α,β-unsaturated/α-hetero) is 1. The smallest absolute Gasteiger partial charge is 0.387 e. The predicted octanol–water partition coefficient (Wildman–Crippen LogP) is 4.49. The van der Waals surface area contributed by atoms with Gasteiger partial charge in [0.15, 0.2) is 12.4 Å². The maximum atomic E-state index is 12.0. The number of carbonyl (C=O) groups excluding carboxylic acids is 2. The molecule has 0 unspecified atom stereocenters. The summed E-state index contributed by atoms with van der Waals surface area (Å²) >= 11 is 3.26. The molecule has 0 bridgehead atoms. The molecule has 0 amide bonds. The van der Waals surface area contributed by atoms with Gasteiger partial charge in [0, 0.05) is 16.1 Å². The average Bonchev–Trinajstić information content (AvgIpc) is 2.58. The minimum absolute atomic E-state index is 0.0225. The van der Waals surface area contributed by atoms with E-state index in [0.29, 0.717) is 11.1 Å². The molecule has 130 valence electrons. The van der Waals surface area contributed by atoms with Crippen molar-refractivity contribution < 1.29 is 27.8 Å². The lowest BCUT2D eigenvalue weighted by molar-refractivity contribution is -0.136. The maximum Gasteiger partial charge on any atom is 0.387 e. The van der Waals surface area contributed by atoms with Crippen molar-refractivity contribution in [2.75, 3.05) is 6.61 Å². The molecule has 2 rings (SSSR count). The third-order valence-corrected chi connectivity index (χ3v) is 3.50. The van der Waals surface area contributed by atoms with E-state index in [2.05, 4.69) is 20.7 Å². The van der Waals surface area contributed by atoms with Crippen LogP contribution in [-0.2, 0) is 9.53 Å². The number of rotatable bonds is 7. The van der Waals surface area contributed by atoms with Crippen LogP contribution in [0, 0.1) is 0 Å². The van der Waals surface area contributed by atoms with Crippen molar-refractivity contribution in [1.29, 1.82) is 0 Å². The molecule has 0 heterocycles. The summed E-state index contributed by atoms with van der Waals surface area (Å²) < 4.78 is 33.9. The number of ether oxygens (including phenoxy) is 2. The fraction of sp³-hybridized carbons (Fsp3) is 0.111. The largest absolute Gasteiger partial charge is 0.454 e. The van der Waals surface area contributed by atoms with Crippen LogP contribution in [0.15, 0.2) is 59.1 Å². The van der Waals surface area contributed by atoms with E-state index in [0.717, 1.165) is 10.5 Å². The molecule has 0 aliphatic carbocycles. The van der Waals surface area contributed by atoms with Crippen molar-refractivity contribution in [3.8, 4) is 5.75 Å². The Kier molecular flexibility index (Phi) is 6.82. The van der Waals surface area contributed by atoms with Gasteiger partial charge in [-0.15, -0.1) is 0 Å². The maximum absolute atomic E-state index is 12.0. The Labute approximate surface area is 151 Å². The Hall–Kier alpha value is -2.54. The minimum atomic E-state index is -2.89. The highest BCUT2D eigenvalue weighted by Crippen LogP contribution is 2.16. The zero-order valence-corrected chi connectivity index (χ0v) is 14.4. The summed E-state index contributed by atoms with van der Waals surface area (Å²) in [5.41, 5.74) is 1.03. The quantitative estimate of drug-likeness (QED) is 0.383. The molecule has 2 aromatic rings. The molecule has 0 aliphatic rings. The van der Waals surface area contributed by atoms with Crippen LogP contribution < -0.4 is 4.74 Å². The first-order valence-electron chi connectivity index (χ1n) is 7.12. The lowest BCUT2D eigenvalue weighted by atomic mass is 10.1. The Morgan fingerprint density at radius 2 is 1.84 bits per heavy atom. The first-order valence-corrected chi connectivity index (χ1v) is 7.92. The van der Waals surface area contributed by atoms with E-state index in [9.17, 15) is 18.4 Å². The molecule has 0 spiro atoms. The molecule has 0 atom stereocenters. The molecule has 2 aromatic carbocycles. The van der Waals surface area contributed by atoms with Crippen molar-refractivity contribution in [3.63, 3.8) is 0 Å². The zero-order valence-electron chi connectivity index (χ0n) is 12.8. The van der Waals surface area contributed by atoms with Gasteiger partial charge in [0.1, 0.15) is 5.75 Å². The first kappa shape index (κ1) is 18.8.